The van der Waals surface area contributed by atoms with Gasteiger partial charge in [0.2, 0.25) is 0 Å². The van der Waals surface area contributed by atoms with Crippen LogP contribution in [0.4, 0.5) is 10.6 Å². The van der Waals surface area contributed by atoms with Crippen molar-refractivity contribution in [1.82, 2.24) is 20.1 Å². The molecule has 1 aromatic rings. The molecular formula is C22H37N5O2. The predicted molar refractivity (Wildman–Crippen MR) is 116 cm³/mol. The molecule has 2 amide bonds. The Hall–Kier alpha value is -1.86. The number of rotatable bonds is 9. The fourth-order valence-corrected chi connectivity index (χ4v) is 4.33. The number of likely N-dealkylation sites (tertiary alicyclic amines) is 1. The zero-order valence-electron chi connectivity index (χ0n) is 18.1. The quantitative estimate of drug-likeness (QED) is 0.686. The fourth-order valence-electron chi connectivity index (χ4n) is 4.33. The first-order chi connectivity index (χ1) is 14.2. The lowest BCUT2D eigenvalue weighted by molar-refractivity contribution is 0.153. The van der Waals surface area contributed by atoms with Crippen molar-refractivity contribution in [2.75, 3.05) is 64.9 Å². The summed E-state index contributed by atoms with van der Waals surface area (Å²) >= 11 is 0. The molecule has 0 bridgehead atoms. The number of ether oxygens (including phenoxy) is 1. The van der Waals surface area contributed by atoms with Crippen LogP contribution in [0.15, 0.2) is 24.4 Å². The number of nitrogens with one attached hydrogen (secondary N) is 1. The summed E-state index contributed by atoms with van der Waals surface area (Å²) in [6.07, 6.45) is 7.54. The van der Waals surface area contributed by atoms with Gasteiger partial charge in [0.25, 0.3) is 0 Å². The summed E-state index contributed by atoms with van der Waals surface area (Å²) in [5.41, 5.74) is 0. The van der Waals surface area contributed by atoms with Crippen LogP contribution in [-0.2, 0) is 4.74 Å². The van der Waals surface area contributed by atoms with Crippen molar-refractivity contribution in [2.24, 2.45) is 5.92 Å². The van der Waals surface area contributed by atoms with E-state index < -0.39 is 0 Å². The molecule has 162 valence electrons. The second kappa shape index (κ2) is 11.4. The van der Waals surface area contributed by atoms with Gasteiger partial charge in [-0.2, -0.15) is 0 Å². The van der Waals surface area contributed by atoms with Gasteiger partial charge in [0.15, 0.2) is 0 Å². The summed E-state index contributed by atoms with van der Waals surface area (Å²) in [7, 11) is 3.91. The third-order valence-electron chi connectivity index (χ3n) is 6.22. The number of methoxy groups -OCH3 is 1. The van der Waals surface area contributed by atoms with Crippen LogP contribution in [0.1, 0.15) is 32.1 Å². The number of hydrogen-bond donors (Lipinski definition) is 1. The minimum absolute atomic E-state index is 0.107. The Morgan fingerprint density at radius 2 is 2.07 bits per heavy atom. The maximum absolute atomic E-state index is 12.7. The third kappa shape index (κ3) is 6.85. The van der Waals surface area contributed by atoms with Gasteiger partial charge in [-0.25, -0.2) is 9.78 Å². The maximum Gasteiger partial charge on any atom is 0.317 e. The fraction of sp³-hybridized carbons (Fsp3) is 0.727. The van der Waals surface area contributed by atoms with Gasteiger partial charge < -0.3 is 24.8 Å². The van der Waals surface area contributed by atoms with E-state index >= 15 is 0 Å². The van der Waals surface area contributed by atoms with Crippen molar-refractivity contribution in [3.63, 3.8) is 0 Å². The summed E-state index contributed by atoms with van der Waals surface area (Å²) < 4.78 is 5.13. The second-order valence-corrected chi connectivity index (χ2v) is 8.44. The summed E-state index contributed by atoms with van der Waals surface area (Å²) in [5.74, 6) is 1.75. The molecule has 1 aromatic heterocycles. The SMILES string of the molecule is COCCN(C)CCCC1CCN(C(=O)NC2CCN(c3ccccn3)C2)CC1. The van der Waals surface area contributed by atoms with Crippen LogP contribution in [0.25, 0.3) is 0 Å². The lowest BCUT2D eigenvalue weighted by Crippen LogP contribution is -2.48. The average molecular weight is 404 g/mol. The molecule has 2 saturated heterocycles. The van der Waals surface area contributed by atoms with Crippen LogP contribution in [-0.4, -0.2) is 86.9 Å². The molecule has 0 radical (unpaired) electrons. The number of aromatic nitrogens is 1. The van der Waals surface area contributed by atoms with E-state index in [9.17, 15) is 4.79 Å². The molecule has 29 heavy (non-hydrogen) atoms. The number of piperidine rings is 1. The van der Waals surface area contributed by atoms with E-state index in [0.717, 1.165) is 76.9 Å². The van der Waals surface area contributed by atoms with Gasteiger partial charge in [-0.05, 0) is 63.7 Å². The zero-order chi connectivity index (χ0) is 20.5. The molecule has 3 rings (SSSR count). The number of likely N-dealkylation sites (N-methyl/N-ethyl adjacent to an activating group) is 1. The Balaban J connectivity index is 1.31. The van der Waals surface area contributed by atoms with Gasteiger partial charge >= 0.3 is 6.03 Å². The van der Waals surface area contributed by atoms with Gasteiger partial charge in [0.1, 0.15) is 5.82 Å². The van der Waals surface area contributed by atoms with Crippen molar-refractivity contribution in [2.45, 2.75) is 38.1 Å². The van der Waals surface area contributed by atoms with Crippen LogP contribution >= 0.6 is 0 Å². The highest BCUT2D eigenvalue weighted by molar-refractivity contribution is 5.74. The van der Waals surface area contributed by atoms with Gasteiger partial charge in [0, 0.05) is 52.1 Å². The monoisotopic (exact) mass is 403 g/mol. The molecule has 2 aliphatic heterocycles. The van der Waals surface area contributed by atoms with Crippen LogP contribution in [0.2, 0.25) is 0 Å². The Bertz CT molecular complexity index is 606. The van der Waals surface area contributed by atoms with Crippen molar-refractivity contribution in [3.8, 4) is 0 Å². The summed E-state index contributed by atoms with van der Waals surface area (Å²) in [6.45, 7) is 6.47. The molecule has 2 aliphatic rings. The molecule has 0 spiro atoms. The first-order valence-electron chi connectivity index (χ1n) is 11.0. The highest BCUT2D eigenvalue weighted by Crippen LogP contribution is 2.23. The van der Waals surface area contributed by atoms with E-state index in [1.807, 2.05) is 29.3 Å². The Kier molecular flexibility index (Phi) is 8.55. The first kappa shape index (κ1) is 21.8. The molecule has 0 aromatic carbocycles. The Morgan fingerprint density at radius 3 is 2.79 bits per heavy atom. The predicted octanol–water partition coefficient (Wildman–Crippen LogP) is 2.44. The topological polar surface area (TPSA) is 60.9 Å². The molecule has 1 N–H and O–H groups in total. The summed E-state index contributed by atoms with van der Waals surface area (Å²) in [4.78, 5) is 23.7. The number of urea groups is 1. The van der Waals surface area contributed by atoms with E-state index in [4.69, 9.17) is 4.74 Å². The van der Waals surface area contributed by atoms with Crippen LogP contribution in [0, 0.1) is 5.92 Å². The zero-order valence-corrected chi connectivity index (χ0v) is 18.1. The number of pyridine rings is 1. The van der Waals surface area contributed by atoms with E-state index in [-0.39, 0.29) is 12.1 Å². The molecule has 0 saturated carbocycles. The second-order valence-electron chi connectivity index (χ2n) is 8.44. The van der Waals surface area contributed by atoms with Gasteiger partial charge in [-0.15, -0.1) is 0 Å². The molecule has 1 atom stereocenters. The van der Waals surface area contributed by atoms with Gasteiger partial charge in [-0.3, -0.25) is 0 Å². The number of amides is 2. The van der Waals surface area contributed by atoms with E-state index in [2.05, 4.69) is 27.1 Å². The number of hydrogen-bond acceptors (Lipinski definition) is 5. The molecule has 7 nitrogen and oxygen atoms in total. The molecule has 1 unspecified atom stereocenters. The number of anilines is 1. The molecule has 0 aliphatic carbocycles. The lowest BCUT2D eigenvalue weighted by atomic mass is 9.92. The summed E-state index contributed by atoms with van der Waals surface area (Å²) in [6, 6.07) is 6.29. The summed E-state index contributed by atoms with van der Waals surface area (Å²) in [5, 5.41) is 3.24. The number of carbonyl (C=O) groups is 1. The van der Waals surface area contributed by atoms with Crippen molar-refractivity contribution >= 4 is 11.8 Å². The van der Waals surface area contributed by atoms with Gasteiger partial charge in [-0.1, -0.05) is 6.07 Å². The molecule has 2 fully saturated rings. The van der Waals surface area contributed by atoms with E-state index in [1.165, 1.54) is 12.8 Å². The highest BCUT2D eigenvalue weighted by Gasteiger charge is 2.28. The smallest absolute Gasteiger partial charge is 0.317 e. The van der Waals surface area contributed by atoms with Crippen LogP contribution in [0.3, 0.4) is 0 Å². The largest absolute Gasteiger partial charge is 0.383 e. The minimum Gasteiger partial charge on any atom is -0.383 e. The standard InChI is InChI=1S/C22H37N5O2/c1-25(16-17-29-2)12-5-6-19-8-13-26(14-9-19)22(28)24-20-10-15-27(18-20)21-7-3-4-11-23-21/h3-4,7,11,19-20H,5-6,8-10,12-18H2,1-2H3,(H,24,28). The van der Waals surface area contributed by atoms with Crippen LogP contribution < -0.4 is 10.2 Å². The third-order valence-corrected chi connectivity index (χ3v) is 6.22. The van der Waals surface area contributed by atoms with E-state index in [0.29, 0.717) is 0 Å². The van der Waals surface area contributed by atoms with Gasteiger partial charge in [0.05, 0.1) is 6.61 Å². The van der Waals surface area contributed by atoms with Crippen molar-refractivity contribution in [3.05, 3.63) is 24.4 Å². The highest BCUT2D eigenvalue weighted by atomic mass is 16.5. The maximum atomic E-state index is 12.7. The molecule has 3 heterocycles. The van der Waals surface area contributed by atoms with Crippen molar-refractivity contribution in [1.29, 1.82) is 0 Å². The minimum atomic E-state index is 0.107. The van der Waals surface area contributed by atoms with Crippen molar-refractivity contribution < 1.29 is 9.53 Å². The number of carbonyl (C=O) groups excluding carboxylic acids is 1. The normalized spacial score (nSPS) is 20.4. The Labute approximate surface area is 175 Å². The average Bonchev–Trinajstić information content (AvgIpc) is 3.22. The Morgan fingerprint density at radius 1 is 1.24 bits per heavy atom. The van der Waals surface area contributed by atoms with Crippen LogP contribution in [0.5, 0.6) is 0 Å². The van der Waals surface area contributed by atoms with E-state index in [1.54, 1.807) is 7.11 Å². The number of nitrogens with zero attached hydrogens (tertiary/aromatic N) is 4. The lowest BCUT2D eigenvalue weighted by Gasteiger charge is -2.33. The molecule has 7 heteroatoms. The molecular weight excluding hydrogens is 366 g/mol. The first-order valence-corrected chi connectivity index (χ1v) is 11.0.